The van der Waals surface area contributed by atoms with E-state index in [-0.39, 0.29) is 5.54 Å². The third-order valence-corrected chi connectivity index (χ3v) is 5.40. The minimum atomic E-state index is -3.00. The zero-order valence-electron chi connectivity index (χ0n) is 11.0. The van der Waals surface area contributed by atoms with Crippen LogP contribution in [-0.4, -0.2) is 56.0 Å². The van der Waals surface area contributed by atoms with Gasteiger partial charge in [0.2, 0.25) is 0 Å². The molecule has 0 saturated carbocycles. The van der Waals surface area contributed by atoms with Crippen LogP contribution in [0, 0.1) is 0 Å². The van der Waals surface area contributed by atoms with E-state index >= 15 is 0 Å². The van der Waals surface area contributed by atoms with E-state index in [1.165, 1.54) is 6.26 Å². The van der Waals surface area contributed by atoms with Crippen molar-refractivity contribution in [2.75, 3.05) is 32.4 Å². The van der Waals surface area contributed by atoms with Crippen LogP contribution in [-0.2, 0) is 9.84 Å². The molecule has 16 heavy (non-hydrogen) atoms. The van der Waals surface area contributed by atoms with Gasteiger partial charge in [-0.15, -0.1) is 0 Å². The Morgan fingerprint density at radius 3 is 2.38 bits per heavy atom. The molecule has 1 fully saturated rings. The Bertz CT molecular complexity index is 347. The minimum absolute atomic E-state index is 0.0752. The SMILES string of the molecule is CC1(C)CN(CC(C)(C)S(C)(=O)=O)CCN1. The van der Waals surface area contributed by atoms with E-state index in [1.807, 2.05) is 0 Å². The van der Waals surface area contributed by atoms with Gasteiger partial charge in [0.1, 0.15) is 0 Å². The highest BCUT2D eigenvalue weighted by Crippen LogP contribution is 2.19. The smallest absolute Gasteiger partial charge is 0.153 e. The summed E-state index contributed by atoms with van der Waals surface area (Å²) < 4.78 is 22.6. The van der Waals surface area contributed by atoms with Crippen molar-refractivity contribution in [3.63, 3.8) is 0 Å². The van der Waals surface area contributed by atoms with Crippen molar-refractivity contribution >= 4 is 9.84 Å². The molecule has 0 atom stereocenters. The van der Waals surface area contributed by atoms with Gasteiger partial charge < -0.3 is 5.32 Å². The predicted molar refractivity (Wildman–Crippen MR) is 67.4 cm³/mol. The van der Waals surface area contributed by atoms with Crippen molar-refractivity contribution in [1.29, 1.82) is 0 Å². The molecule has 5 heteroatoms. The van der Waals surface area contributed by atoms with Crippen LogP contribution in [0.4, 0.5) is 0 Å². The fourth-order valence-corrected chi connectivity index (χ4v) is 2.45. The van der Waals surface area contributed by atoms with Crippen molar-refractivity contribution in [2.24, 2.45) is 0 Å². The van der Waals surface area contributed by atoms with Gasteiger partial charge in [0, 0.05) is 38.0 Å². The summed E-state index contributed by atoms with van der Waals surface area (Å²) in [5.74, 6) is 0. The lowest BCUT2D eigenvalue weighted by molar-refractivity contribution is 0.145. The average molecular weight is 248 g/mol. The second-order valence-electron chi connectivity index (χ2n) is 6.05. The van der Waals surface area contributed by atoms with E-state index < -0.39 is 14.6 Å². The largest absolute Gasteiger partial charge is 0.309 e. The standard InChI is InChI=1S/C11H24N2O2S/c1-10(2)8-13(7-6-12-10)9-11(3,4)16(5,14)15/h12H,6-9H2,1-5H3. The highest BCUT2D eigenvalue weighted by molar-refractivity contribution is 7.92. The molecule has 4 nitrogen and oxygen atoms in total. The molecule has 0 bridgehead atoms. The van der Waals surface area contributed by atoms with E-state index in [0.29, 0.717) is 6.54 Å². The van der Waals surface area contributed by atoms with E-state index in [1.54, 1.807) is 13.8 Å². The molecule has 96 valence electrons. The summed E-state index contributed by atoms with van der Waals surface area (Å²) in [7, 11) is -3.00. The van der Waals surface area contributed by atoms with Crippen LogP contribution < -0.4 is 5.32 Å². The van der Waals surface area contributed by atoms with E-state index in [0.717, 1.165) is 19.6 Å². The van der Waals surface area contributed by atoms with Gasteiger partial charge in [-0.1, -0.05) is 0 Å². The molecule has 1 saturated heterocycles. The summed E-state index contributed by atoms with van der Waals surface area (Å²) in [6.07, 6.45) is 1.32. The number of sulfone groups is 1. The van der Waals surface area contributed by atoms with Crippen LogP contribution in [0.3, 0.4) is 0 Å². The van der Waals surface area contributed by atoms with Crippen LogP contribution in [0.15, 0.2) is 0 Å². The Balaban J connectivity index is 2.68. The number of rotatable bonds is 3. The first-order chi connectivity index (χ1) is 7.04. The molecular weight excluding hydrogens is 224 g/mol. The van der Waals surface area contributed by atoms with E-state index in [4.69, 9.17) is 0 Å². The maximum absolute atomic E-state index is 11.6. The maximum Gasteiger partial charge on any atom is 0.153 e. The summed E-state index contributed by atoms with van der Waals surface area (Å²) in [5.41, 5.74) is 0.0752. The Kier molecular flexibility index (Phi) is 3.72. The molecule has 0 aromatic carbocycles. The predicted octanol–water partition coefficient (Wildman–Crippen LogP) is 0.493. The lowest BCUT2D eigenvalue weighted by Gasteiger charge is -2.41. The van der Waals surface area contributed by atoms with Crippen LogP contribution >= 0.6 is 0 Å². The van der Waals surface area contributed by atoms with E-state index in [9.17, 15) is 8.42 Å². The highest BCUT2D eigenvalue weighted by atomic mass is 32.2. The lowest BCUT2D eigenvalue weighted by atomic mass is 10.0. The first-order valence-corrected chi connectivity index (χ1v) is 7.60. The van der Waals surface area contributed by atoms with Crippen molar-refractivity contribution in [2.45, 2.75) is 38.0 Å². The maximum atomic E-state index is 11.6. The molecule has 0 spiro atoms. The van der Waals surface area contributed by atoms with Gasteiger partial charge in [-0.2, -0.15) is 0 Å². The van der Waals surface area contributed by atoms with Crippen LogP contribution in [0.2, 0.25) is 0 Å². The zero-order valence-corrected chi connectivity index (χ0v) is 11.8. The van der Waals surface area contributed by atoms with Crippen molar-refractivity contribution in [1.82, 2.24) is 10.2 Å². The molecule has 0 unspecified atom stereocenters. The van der Waals surface area contributed by atoms with Crippen LogP contribution in [0.25, 0.3) is 0 Å². The third kappa shape index (κ3) is 3.43. The molecule has 0 aromatic heterocycles. The summed E-state index contributed by atoms with van der Waals surface area (Å²) in [5, 5.41) is 3.42. The van der Waals surface area contributed by atoms with Crippen molar-refractivity contribution < 1.29 is 8.42 Å². The number of piperazine rings is 1. The molecule has 0 amide bonds. The van der Waals surface area contributed by atoms with Crippen LogP contribution in [0.1, 0.15) is 27.7 Å². The fourth-order valence-electron chi connectivity index (χ4n) is 2.04. The molecule has 0 radical (unpaired) electrons. The second kappa shape index (κ2) is 4.27. The first kappa shape index (κ1) is 13.9. The molecule has 1 heterocycles. The number of nitrogens with zero attached hydrogens (tertiary/aromatic N) is 1. The van der Waals surface area contributed by atoms with Gasteiger partial charge >= 0.3 is 0 Å². The Labute approximate surface area is 99.3 Å². The molecule has 0 aliphatic carbocycles. The zero-order chi connectivity index (χ0) is 12.6. The van der Waals surface area contributed by atoms with Crippen molar-refractivity contribution in [3.05, 3.63) is 0 Å². The number of hydrogen-bond acceptors (Lipinski definition) is 4. The fraction of sp³-hybridized carbons (Fsp3) is 1.00. The quantitative estimate of drug-likeness (QED) is 0.790. The first-order valence-electron chi connectivity index (χ1n) is 5.71. The molecule has 1 rings (SSSR count). The van der Waals surface area contributed by atoms with Gasteiger partial charge in [0.25, 0.3) is 0 Å². The summed E-state index contributed by atoms with van der Waals surface area (Å²) in [4.78, 5) is 2.23. The third-order valence-electron chi connectivity index (χ3n) is 3.26. The van der Waals surface area contributed by atoms with Gasteiger partial charge in [-0.25, -0.2) is 8.42 Å². The molecule has 1 aliphatic rings. The Morgan fingerprint density at radius 1 is 1.38 bits per heavy atom. The Hall–Kier alpha value is -0.130. The number of nitrogens with one attached hydrogen (secondary N) is 1. The van der Waals surface area contributed by atoms with E-state index in [2.05, 4.69) is 24.1 Å². The van der Waals surface area contributed by atoms with Gasteiger partial charge in [0.05, 0.1) is 4.75 Å². The van der Waals surface area contributed by atoms with Crippen LogP contribution in [0.5, 0.6) is 0 Å². The highest BCUT2D eigenvalue weighted by Gasteiger charge is 2.35. The molecule has 1 N–H and O–H groups in total. The second-order valence-corrected chi connectivity index (χ2v) is 8.70. The normalized spacial score (nSPS) is 23.3. The van der Waals surface area contributed by atoms with Gasteiger partial charge in [0.15, 0.2) is 9.84 Å². The summed E-state index contributed by atoms with van der Waals surface area (Å²) in [6.45, 7) is 11.2. The molecule has 0 aromatic rings. The summed E-state index contributed by atoms with van der Waals surface area (Å²) >= 11 is 0. The Morgan fingerprint density at radius 2 is 1.94 bits per heavy atom. The average Bonchev–Trinajstić information content (AvgIpc) is 1.98. The number of hydrogen-bond donors (Lipinski definition) is 1. The lowest BCUT2D eigenvalue weighted by Crippen LogP contribution is -2.59. The topological polar surface area (TPSA) is 49.4 Å². The minimum Gasteiger partial charge on any atom is -0.309 e. The van der Waals surface area contributed by atoms with Crippen molar-refractivity contribution in [3.8, 4) is 0 Å². The monoisotopic (exact) mass is 248 g/mol. The van der Waals surface area contributed by atoms with Gasteiger partial charge in [-0.05, 0) is 27.7 Å². The molecule has 1 aliphatic heterocycles. The molecular formula is C11H24N2O2S. The summed E-state index contributed by atoms with van der Waals surface area (Å²) in [6, 6.07) is 0. The van der Waals surface area contributed by atoms with Gasteiger partial charge in [-0.3, -0.25) is 4.90 Å².